The normalized spacial score (nSPS) is 12.8. The van der Waals surface area contributed by atoms with Crippen molar-refractivity contribution >= 4 is 32.7 Å². The minimum Gasteiger partial charge on any atom is -0.456 e. The van der Waals surface area contributed by atoms with Gasteiger partial charge in [-0.2, -0.15) is 0 Å². The van der Waals surface area contributed by atoms with Crippen LogP contribution in [0.3, 0.4) is 0 Å². The second-order valence-corrected chi connectivity index (χ2v) is 17.0. The zero-order valence-electron chi connectivity index (χ0n) is 34.4. The number of benzene rings is 9. The first kappa shape index (κ1) is 36.0. The molecule has 0 fully saturated rings. The highest BCUT2D eigenvalue weighted by Crippen LogP contribution is 2.49. The summed E-state index contributed by atoms with van der Waals surface area (Å²) >= 11 is 0. The third-order valence-corrected chi connectivity index (χ3v) is 12.9. The Bertz CT molecular complexity index is 3560. The van der Waals surface area contributed by atoms with Crippen LogP contribution >= 0.6 is 0 Å². The summed E-state index contributed by atoms with van der Waals surface area (Å²) in [6.45, 7) is 4.65. The lowest BCUT2D eigenvalue weighted by molar-refractivity contribution is 0.660. The quantitative estimate of drug-likeness (QED) is 0.168. The summed E-state index contributed by atoms with van der Waals surface area (Å²) in [5.74, 6) is 0.692. The summed E-state index contributed by atoms with van der Waals surface area (Å²) in [7, 11) is 0. The number of furan rings is 1. The van der Waals surface area contributed by atoms with E-state index in [-0.39, 0.29) is 5.41 Å². The van der Waals surface area contributed by atoms with E-state index in [1.807, 2.05) is 18.2 Å². The van der Waals surface area contributed by atoms with Gasteiger partial charge in [0, 0.05) is 32.9 Å². The van der Waals surface area contributed by atoms with Crippen LogP contribution in [0, 0.1) is 0 Å². The number of rotatable bonds is 6. The molecule has 0 unspecified atom stereocenters. The molecule has 2 aromatic heterocycles. The molecule has 9 aromatic carbocycles. The van der Waals surface area contributed by atoms with Gasteiger partial charge in [0.05, 0.1) is 11.4 Å². The van der Waals surface area contributed by atoms with E-state index in [2.05, 4.69) is 202 Å². The highest BCUT2D eigenvalue weighted by atomic mass is 16.3. The smallest absolute Gasteiger partial charge is 0.160 e. The van der Waals surface area contributed by atoms with E-state index < -0.39 is 0 Å². The van der Waals surface area contributed by atoms with Crippen molar-refractivity contribution in [2.75, 3.05) is 0 Å². The molecule has 0 atom stereocenters. The molecule has 11 aromatic rings. The molecule has 0 saturated heterocycles. The topological polar surface area (TPSA) is 38.9 Å². The summed E-state index contributed by atoms with van der Waals surface area (Å²) in [6, 6.07) is 74.0. The van der Waals surface area contributed by atoms with Crippen LogP contribution in [-0.2, 0) is 5.41 Å². The van der Waals surface area contributed by atoms with E-state index in [4.69, 9.17) is 14.4 Å². The van der Waals surface area contributed by atoms with Crippen molar-refractivity contribution in [3.8, 4) is 78.4 Å². The Kier molecular flexibility index (Phi) is 8.20. The second kappa shape index (κ2) is 14.1. The van der Waals surface area contributed by atoms with E-state index in [9.17, 15) is 0 Å². The fraction of sp³-hybridized carbons (Fsp3) is 0.0508. The van der Waals surface area contributed by atoms with Crippen molar-refractivity contribution in [1.29, 1.82) is 0 Å². The molecule has 3 nitrogen and oxygen atoms in total. The van der Waals surface area contributed by atoms with Crippen molar-refractivity contribution in [2.24, 2.45) is 0 Å². The Morgan fingerprint density at radius 3 is 1.77 bits per heavy atom. The standard InChI is InChI=1S/C59H40N2O/c1-59(2)52-21-10-8-19-48(52)49-27-25-44(35-53(49)59)54-36-55(61-58(60-54)38-14-4-3-5-15-38)47-32-45(41-18-12-17-40(30-41)42-24-23-37-13-6-7-16-39(37)29-42)31-46(33-47)43-26-28-57-51(34-43)50-20-9-11-22-56(50)62-57/h3-36H,1-2H3. The fourth-order valence-corrected chi connectivity index (χ4v) is 9.58. The van der Waals surface area contributed by atoms with Crippen LogP contribution in [0.4, 0.5) is 0 Å². The second-order valence-electron chi connectivity index (χ2n) is 17.0. The largest absolute Gasteiger partial charge is 0.456 e. The zero-order valence-corrected chi connectivity index (χ0v) is 34.4. The van der Waals surface area contributed by atoms with Crippen LogP contribution in [0.25, 0.3) is 111 Å². The molecular formula is C59H40N2O. The Balaban J connectivity index is 1.05. The number of hydrogen-bond donors (Lipinski definition) is 0. The average molecular weight is 793 g/mol. The maximum atomic E-state index is 6.26. The highest BCUT2D eigenvalue weighted by molar-refractivity contribution is 6.06. The van der Waals surface area contributed by atoms with Crippen molar-refractivity contribution in [1.82, 2.24) is 9.97 Å². The summed E-state index contributed by atoms with van der Waals surface area (Å²) in [4.78, 5) is 10.6. The number of hydrogen-bond acceptors (Lipinski definition) is 3. The van der Waals surface area contributed by atoms with E-state index >= 15 is 0 Å². The Labute approximate surface area is 360 Å². The molecule has 0 saturated carbocycles. The maximum absolute atomic E-state index is 6.26. The van der Waals surface area contributed by atoms with Gasteiger partial charge in [0.2, 0.25) is 0 Å². The zero-order chi connectivity index (χ0) is 41.4. The van der Waals surface area contributed by atoms with Crippen molar-refractivity contribution in [3.63, 3.8) is 0 Å². The first-order valence-corrected chi connectivity index (χ1v) is 21.3. The first-order valence-electron chi connectivity index (χ1n) is 21.3. The van der Waals surface area contributed by atoms with Gasteiger partial charge in [0.25, 0.3) is 0 Å². The van der Waals surface area contributed by atoms with Crippen LogP contribution in [0.5, 0.6) is 0 Å². The summed E-state index contributed by atoms with van der Waals surface area (Å²) in [5.41, 5.74) is 18.5. The molecule has 292 valence electrons. The van der Waals surface area contributed by atoms with E-state index in [0.29, 0.717) is 5.82 Å². The molecular weight excluding hydrogens is 753 g/mol. The minimum absolute atomic E-state index is 0.133. The third kappa shape index (κ3) is 6.04. The van der Waals surface area contributed by atoms with Gasteiger partial charge in [-0.05, 0) is 127 Å². The highest BCUT2D eigenvalue weighted by Gasteiger charge is 2.35. The summed E-state index contributed by atoms with van der Waals surface area (Å²) in [6.07, 6.45) is 0. The first-order chi connectivity index (χ1) is 30.4. The number of fused-ring (bicyclic) bond motifs is 7. The lowest BCUT2D eigenvalue weighted by atomic mass is 9.82. The van der Waals surface area contributed by atoms with Gasteiger partial charge in [-0.15, -0.1) is 0 Å². The molecule has 1 aliphatic rings. The van der Waals surface area contributed by atoms with E-state index in [0.717, 1.165) is 72.3 Å². The molecule has 12 rings (SSSR count). The van der Waals surface area contributed by atoms with Crippen molar-refractivity contribution < 1.29 is 4.42 Å². The third-order valence-electron chi connectivity index (χ3n) is 12.9. The molecule has 0 radical (unpaired) electrons. The molecule has 0 bridgehead atoms. The van der Waals surface area contributed by atoms with Gasteiger partial charge in [-0.1, -0.05) is 159 Å². The van der Waals surface area contributed by atoms with Gasteiger partial charge in [0.1, 0.15) is 11.2 Å². The Morgan fingerprint density at radius 1 is 0.339 bits per heavy atom. The number of aromatic nitrogens is 2. The molecule has 62 heavy (non-hydrogen) atoms. The predicted octanol–water partition coefficient (Wildman–Crippen LogP) is 15.8. The predicted molar refractivity (Wildman–Crippen MR) is 257 cm³/mol. The summed E-state index contributed by atoms with van der Waals surface area (Å²) < 4.78 is 6.26. The van der Waals surface area contributed by atoms with Crippen molar-refractivity contribution in [3.05, 3.63) is 217 Å². The van der Waals surface area contributed by atoms with Crippen LogP contribution in [-0.4, -0.2) is 9.97 Å². The molecule has 0 aliphatic heterocycles. The van der Waals surface area contributed by atoms with E-state index in [1.54, 1.807) is 0 Å². The summed E-state index contributed by atoms with van der Waals surface area (Å²) in [5, 5.41) is 4.67. The van der Waals surface area contributed by atoms with Gasteiger partial charge < -0.3 is 4.42 Å². The average Bonchev–Trinajstić information content (AvgIpc) is 3.82. The van der Waals surface area contributed by atoms with Gasteiger partial charge in [-0.25, -0.2) is 9.97 Å². The molecule has 1 aliphatic carbocycles. The Hall–Kier alpha value is -7.88. The molecule has 0 amide bonds. The van der Waals surface area contributed by atoms with Crippen LogP contribution in [0.1, 0.15) is 25.0 Å². The number of nitrogens with zero attached hydrogens (tertiary/aromatic N) is 2. The van der Waals surface area contributed by atoms with Gasteiger partial charge in [0.15, 0.2) is 5.82 Å². The van der Waals surface area contributed by atoms with E-state index in [1.165, 1.54) is 44.2 Å². The lowest BCUT2D eigenvalue weighted by Gasteiger charge is -2.22. The molecule has 0 N–H and O–H groups in total. The van der Waals surface area contributed by atoms with Crippen LogP contribution < -0.4 is 0 Å². The molecule has 0 spiro atoms. The van der Waals surface area contributed by atoms with Gasteiger partial charge >= 0.3 is 0 Å². The molecule has 3 heteroatoms. The minimum atomic E-state index is -0.133. The van der Waals surface area contributed by atoms with Gasteiger partial charge in [-0.3, -0.25) is 0 Å². The lowest BCUT2D eigenvalue weighted by Crippen LogP contribution is -2.14. The van der Waals surface area contributed by atoms with Crippen molar-refractivity contribution in [2.45, 2.75) is 19.3 Å². The monoisotopic (exact) mass is 792 g/mol. The Morgan fingerprint density at radius 2 is 0.919 bits per heavy atom. The SMILES string of the molecule is CC1(C)c2ccccc2-c2ccc(-c3cc(-c4cc(-c5cccc(-c6ccc7ccccc7c6)c5)cc(-c5ccc6oc7ccccc7c6c5)c4)nc(-c4ccccc4)n3)cc21. The molecule has 2 heterocycles. The number of para-hydroxylation sites is 1. The maximum Gasteiger partial charge on any atom is 0.160 e. The van der Waals surface area contributed by atoms with Crippen LogP contribution in [0.2, 0.25) is 0 Å². The van der Waals surface area contributed by atoms with Crippen LogP contribution in [0.15, 0.2) is 211 Å². The fourth-order valence-electron chi connectivity index (χ4n) is 9.58.